The van der Waals surface area contributed by atoms with E-state index in [9.17, 15) is 102 Å². The van der Waals surface area contributed by atoms with Gasteiger partial charge in [0.1, 0.15) is 19.6 Å². The highest BCUT2D eigenvalue weighted by atomic mass is 32.2. The van der Waals surface area contributed by atoms with Gasteiger partial charge in [-0.1, -0.05) is 48.5 Å². The molecule has 0 radical (unpaired) electrons. The van der Waals surface area contributed by atoms with E-state index in [0.717, 1.165) is 24.3 Å². The van der Waals surface area contributed by atoms with Crippen LogP contribution in [-0.2, 0) is 73.6 Å². The molecule has 0 aromatic heterocycles. The standard InChI is InChI=1S/C53H42N4O23S6/c1-27-9-11-29(43(58)21-31-13-15-45(83(69,70)71)39-23-37(81(63,64)65)25-47(49(31)39)85(75,76)77)19-41(27)56-51(60)33-5-3-7-35(17-33)54-53(62)55-36-8-4-6-34(18-36)52(61)57-42-20-30(12-10-28(42)2)44(59)22-32-14-16-46(84(72,73)74)40-24-38(82(66,67)68)26-48(50(32)40)86(78,79)80/h3-20,23-26H,21-22H2,1-2H3,(H,56,60)(H,57,61)(H2,54,55,62)(H,63,64,65)(H,66,67,68)(H,69,70,71)(H,72,73,74)(H,75,76,77)(H,78,79,80). The van der Waals surface area contributed by atoms with E-state index in [1.54, 1.807) is 13.8 Å². The van der Waals surface area contributed by atoms with Crippen molar-refractivity contribution in [1.29, 1.82) is 0 Å². The van der Waals surface area contributed by atoms with Crippen LogP contribution in [0.25, 0.3) is 21.5 Å². The highest BCUT2D eigenvalue weighted by Gasteiger charge is 2.30. The number of nitrogens with one attached hydrogen (secondary N) is 4. The number of carbonyl (C=O) groups is 5. The Balaban J connectivity index is 0.946. The molecule has 0 heterocycles. The molecule has 27 nitrogen and oxygen atoms in total. The molecule has 448 valence electrons. The van der Waals surface area contributed by atoms with E-state index >= 15 is 0 Å². The molecule has 4 amide bonds. The second-order valence-electron chi connectivity index (χ2n) is 18.9. The highest BCUT2D eigenvalue weighted by molar-refractivity contribution is 7.88. The topological polar surface area (TPSA) is 460 Å². The van der Waals surface area contributed by atoms with Crippen molar-refractivity contribution in [2.45, 2.75) is 56.1 Å². The molecule has 86 heavy (non-hydrogen) atoms. The molecule has 0 spiro atoms. The first-order chi connectivity index (χ1) is 39.8. The van der Waals surface area contributed by atoms with Crippen LogP contribution in [0.3, 0.4) is 0 Å². The molecule has 0 aliphatic carbocycles. The summed E-state index contributed by atoms with van der Waals surface area (Å²) in [6, 6.07) is 23.6. The molecule has 0 atom stereocenters. The quantitative estimate of drug-likeness (QED) is 0.0303. The average Bonchev–Trinajstić information content (AvgIpc) is 0.808. The zero-order valence-corrected chi connectivity index (χ0v) is 48.6. The minimum Gasteiger partial charge on any atom is -0.322 e. The zero-order chi connectivity index (χ0) is 63.4. The molecular formula is C53H42N4O23S6. The average molecular weight is 1300 g/mol. The van der Waals surface area contributed by atoms with Gasteiger partial charge in [-0.25, -0.2) is 4.79 Å². The third-order valence-electron chi connectivity index (χ3n) is 13.0. The Morgan fingerprint density at radius 2 is 0.709 bits per heavy atom. The Labute approximate surface area is 488 Å². The van der Waals surface area contributed by atoms with Crippen LogP contribution >= 0.6 is 0 Å². The SMILES string of the molecule is Cc1ccc(C(=O)Cc2ccc(S(=O)(=O)O)c3cc(S(=O)(=O)O)cc(S(=O)(=O)O)c23)cc1NC(=O)c1cccc(NC(=O)Nc2cccc(C(=O)Nc3cc(C(=O)Cc4ccc(S(=O)(=O)O)c5cc(S(=O)(=O)O)cc(S(=O)(=O)O)c45)ccc3C)c2)c1. The molecular weight excluding hydrogens is 1250 g/mol. The number of hydrogen-bond donors (Lipinski definition) is 10. The van der Waals surface area contributed by atoms with Crippen LogP contribution in [-0.4, -0.2) is 107 Å². The van der Waals surface area contributed by atoms with Crippen molar-refractivity contribution in [2.24, 2.45) is 0 Å². The number of fused-ring (bicyclic) bond motifs is 2. The first-order valence-corrected chi connectivity index (χ1v) is 32.6. The highest BCUT2D eigenvalue weighted by Crippen LogP contribution is 2.37. The van der Waals surface area contributed by atoms with E-state index in [0.29, 0.717) is 35.4 Å². The zero-order valence-electron chi connectivity index (χ0n) is 43.7. The maximum atomic E-state index is 13.8. The van der Waals surface area contributed by atoms with E-state index in [1.807, 2.05) is 0 Å². The van der Waals surface area contributed by atoms with Crippen LogP contribution in [0.15, 0.2) is 163 Å². The second-order valence-corrected chi connectivity index (χ2v) is 27.3. The monoisotopic (exact) mass is 1290 g/mol. The number of aryl methyl sites for hydroxylation is 2. The van der Waals surface area contributed by atoms with Crippen LogP contribution in [0.1, 0.15) is 63.7 Å². The number of carbonyl (C=O) groups excluding carboxylic acids is 5. The number of hydrogen-bond acceptors (Lipinski definition) is 17. The number of rotatable bonds is 18. The largest absolute Gasteiger partial charge is 0.323 e. The molecule has 10 N–H and O–H groups in total. The maximum Gasteiger partial charge on any atom is 0.323 e. The Kier molecular flexibility index (Phi) is 17.1. The van der Waals surface area contributed by atoms with Crippen molar-refractivity contribution >= 4 is 134 Å². The van der Waals surface area contributed by atoms with E-state index in [2.05, 4.69) is 21.3 Å². The van der Waals surface area contributed by atoms with Gasteiger partial charge in [0, 0.05) is 79.4 Å². The Morgan fingerprint density at radius 3 is 1.03 bits per heavy atom. The van der Waals surface area contributed by atoms with Gasteiger partial charge in [0.2, 0.25) is 0 Å². The van der Waals surface area contributed by atoms with Crippen molar-refractivity contribution in [3.8, 4) is 0 Å². The maximum absolute atomic E-state index is 13.8. The van der Waals surface area contributed by atoms with Gasteiger partial charge in [0.05, 0.1) is 9.79 Å². The van der Waals surface area contributed by atoms with Gasteiger partial charge in [-0.05, 0) is 121 Å². The van der Waals surface area contributed by atoms with Gasteiger partial charge in [0.15, 0.2) is 11.6 Å². The van der Waals surface area contributed by atoms with Crippen molar-refractivity contribution in [3.63, 3.8) is 0 Å². The number of ketones is 2. The summed E-state index contributed by atoms with van der Waals surface area (Å²) in [7, 11) is -31.7. The summed E-state index contributed by atoms with van der Waals surface area (Å²) in [5, 5.41) is 7.54. The Morgan fingerprint density at radius 1 is 0.360 bits per heavy atom. The van der Waals surface area contributed by atoms with Crippen LogP contribution in [0, 0.1) is 13.8 Å². The van der Waals surface area contributed by atoms with Gasteiger partial charge < -0.3 is 21.3 Å². The number of anilines is 4. The first-order valence-electron chi connectivity index (χ1n) is 24.0. The summed E-state index contributed by atoms with van der Waals surface area (Å²) in [5.74, 6) is -3.01. The lowest BCUT2D eigenvalue weighted by Crippen LogP contribution is -2.20. The molecule has 33 heteroatoms. The normalized spacial score (nSPS) is 12.4. The van der Waals surface area contributed by atoms with Gasteiger partial charge in [-0.15, -0.1) is 0 Å². The van der Waals surface area contributed by atoms with Crippen LogP contribution in [0.4, 0.5) is 27.5 Å². The molecule has 0 aliphatic rings. The minimum atomic E-state index is -5.41. The van der Waals surface area contributed by atoms with Crippen molar-refractivity contribution < 1.29 is 102 Å². The molecule has 8 aromatic rings. The summed E-state index contributed by atoms with van der Waals surface area (Å²) in [4.78, 5) is 61.3. The van der Waals surface area contributed by atoms with Gasteiger partial charge >= 0.3 is 6.03 Å². The fraction of sp³-hybridized carbons (Fsp3) is 0.0755. The first kappa shape index (κ1) is 63.3. The molecule has 0 bridgehead atoms. The van der Waals surface area contributed by atoms with Crippen LogP contribution in [0.5, 0.6) is 0 Å². The Bertz CT molecular complexity index is 4700. The fourth-order valence-corrected chi connectivity index (χ4v) is 13.1. The van der Waals surface area contributed by atoms with Gasteiger partial charge in [0.25, 0.3) is 72.5 Å². The molecule has 0 fully saturated rings. The van der Waals surface area contributed by atoms with E-state index in [-0.39, 0.29) is 56.1 Å². The lowest BCUT2D eigenvalue weighted by atomic mass is 9.96. The lowest BCUT2D eigenvalue weighted by molar-refractivity contribution is 0.0985. The molecule has 8 aromatic carbocycles. The van der Waals surface area contributed by atoms with E-state index in [1.165, 1.54) is 84.9 Å². The summed E-state index contributed by atoms with van der Waals surface area (Å²) in [6.07, 6.45) is -1.45. The molecule has 0 aliphatic heterocycles. The smallest absolute Gasteiger partial charge is 0.322 e. The van der Waals surface area contributed by atoms with Crippen LogP contribution < -0.4 is 21.3 Å². The molecule has 8 rings (SSSR count). The number of Topliss-reactive ketones (excluding diaryl/α,β-unsaturated/α-hetero) is 2. The van der Waals surface area contributed by atoms with Crippen molar-refractivity contribution in [2.75, 3.05) is 21.3 Å². The third kappa shape index (κ3) is 14.2. The number of urea groups is 1. The minimum absolute atomic E-state index is 0.00274. The molecule has 0 saturated heterocycles. The number of amides is 4. The summed E-state index contributed by atoms with van der Waals surface area (Å²) >= 11 is 0. The fourth-order valence-electron chi connectivity index (χ4n) is 8.95. The van der Waals surface area contributed by atoms with E-state index in [4.69, 9.17) is 0 Å². The number of benzene rings is 8. The van der Waals surface area contributed by atoms with Crippen molar-refractivity contribution in [3.05, 3.63) is 178 Å². The van der Waals surface area contributed by atoms with Crippen molar-refractivity contribution in [1.82, 2.24) is 0 Å². The summed E-state index contributed by atoms with van der Waals surface area (Å²) < 4.78 is 207. The molecule has 0 saturated carbocycles. The second kappa shape index (κ2) is 23.3. The summed E-state index contributed by atoms with van der Waals surface area (Å²) in [6.45, 7) is 3.16. The van der Waals surface area contributed by atoms with Gasteiger partial charge in [-0.3, -0.25) is 46.5 Å². The van der Waals surface area contributed by atoms with Crippen LogP contribution in [0.2, 0.25) is 0 Å². The third-order valence-corrected chi connectivity index (χ3v) is 18.2. The van der Waals surface area contributed by atoms with Gasteiger partial charge in [-0.2, -0.15) is 50.5 Å². The van der Waals surface area contributed by atoms with E-state index < -0.39 is 154 Å². The predicted octanol–water partition coefficient (Wildman–Crippen LogP) is 7.09. The lowest BCUT2D eigenvalue weighted by Gasteiger charge is -2.15. The predicted molar refractivity (Wildman–Crippen MR) is 307 cm³/mol. The Hall–Kier alpha value is -8.71. The molecule has 0 unspecified atom stereocenters. The summed E-state index contributed by atoms with van der Waals surface area (Å²) in [5.41, 5.74) is 0.561.